The van der Waals surface area contributed by atoms with Crippen LogP contribution in [0.5, 0.6) is 11.5 Å². The molecule has 0 unspecified atom stereocenters. The van der Waals surface area contributed by atoms with Crippen molar-refractivity contribution in [2.75, 3.05) is 27.4 Å². The quantitative estimate of drug-likeness (QED) is 0.747. The van der Waals surface area contributed by atoms with Crippen LogP contribution in [0.25, 0.3) is 0 Å². The highest BCUT2D eigenvalue weighted by molar-refractivity contribution is 9.10. The van der Waals surface area contributed by atoms with E-state index in [9.17, 15) is 0 Å². The van der Waals surface area contributed by atoms with Crippen LogP contribution in [0, 0.1) is 0 Å². The first-order valence-electron chi connectivity index (χ1n) is 4.73. The molecule has 0 saturated heterocycles. The highest BCUT2D eigenvalue weighted by atomic mass is 79.9. The normalized spacial score (nSPS) is 10.1. The predicted molar refractivity (Wildman–Crippen MR) is 62.7 cm³/mol. The molecule has 0 aliphatic carbocycles. The fraction of sp³-hybridized carbons (Fsp3) is 0.455. The maximum absolute atomic E-state index is 5.56. The van der Waals surface area contributed by atoms with Crippen molar-refractivity contribution in [1.82, 2.24) is 0 Å². The van der Waals surface area contributed by atoms with E-state index >= 15 is 0 Å². The molecule has 1 aromatic rings. The Morgan fingerprint density at radius 3 is 2.60 bits per heavy atom. The van der Waals surface area contributed by atoms with Crippen LogP contribution >= 0.6 is 15.9 Å². The Balaban J connectivity index is 2.47. The van der Waals surface area contributed by atoms with Gasteiger partial charge in [-0.1, -0.05) is 0 Å². The number of hydrogen-bond donors (Lipinski definition) is 0. The van der Waals surface area contributed by atoms with E-state index < -0.39 is 0 Å². The molecule has 0 N–H and O–H groups in total. The predicted octanol–water partition coefficient (Wildman–Crippen LogP) is 2.87. The number of ether oxygens (including phenoxy) is 3. The third-order valence-corrected chi connectivity index (χ3v) is 2.51. The largest absolute Gasteiger partial charge is 0.497 e. The molecule has 0 bridgehead atoms. The Morgan fingerprint density at radius 1 is 1.20 bits per heavy atom. The van der Waals surface area contributed by atoms with Gasteiger partial charge in [0.25, 0.3) is 0 Å². The Hall–Kier alpha value is -0.740. The summed E-state index contributed by atoms with van der Waals surface area (Å²) in [6.07, 6.45) is 0.884. The SMILES string of the molecule is COCCCOc1ccc(OC)cc1Br. The topological polar surface area (TPSA) is 27.7 Å². The summed E-state index contributed by atoms with van der Waals surface area (Å²) in [4.78, 5) is 0. The van der Waals surface area contributed by atoms with Gasteiger partial charge in [0, 0.05) is 20.1 Å². The van der Waals surface area contributed by atoms with Crippen molar-refractivity contribution < 1.29 is 14.2 Å². The number of hydrogen-bond acceptors (Lipinski definition) is 3. The molecule has 0 fully saturated rings. The van der Waals surface area contributed by atoms with E-state index in [1.807, 2.05) is 18.2 Å². The highest BCUT2D eigenvalue weighted by Gasteiger charge is 2.02. The van der Waals surface area contributed by atoms with Gasteiger partial charge in [0.05, 0.1) is 18.2 Å². The second kappa shape index (κ2) is 6.69. The zero-order chi connectivity index (χ0) is 11.1. The fourth-order valence-electron chi connectivity index (χ4n) is 1.11. The van der Waals surface area contributed by atoms with E-state index in [0.29, 0.717) is 13.2 Å². The van der Waals surface area contributed by atoms with Gasteiger partial charge in [-0.05, 0) is 34.1 Å². The number of halogens is 1. The number of methoxy groups -OCH3 is 2. The first-order valence-corrected chi connectivity index (χ1v) is 5.52. The van der Waals surface area contributed by atoms with Gasteiger partial charge in [0.1, 0.15) is 11.5 Å². The molecule has 15 heavy (non-hydrogen) atoms. The minimum Gasteiger partial charge on any atom is -0.497 e. The minimum atomic E-state index is 0.652. The average Bonchev–Trinajstić information content (AvgIpc) is 2.26. The van der Waals surface area contributed by atoms with Gasteiger partial charge in [-0.2, -0.15) is 0 Å². The van der Waals surface area contributed by atoms with Gasteiger partial charge in [0.2, 0.25) is 0 Å². The van der Waals surface area contributed by atoms with E-state index in [4.69, 9.17) is 14.2 Å². The van der Waals surface area contributed by atoms with E-state index in [0.717, 1.165) is 22.4 Å². The first-order chi connectivity index (χ1) is 7.27. The fourth-order valence-corrected chi connectivity index (χ4v) is 1.58. The van der Waals surface area contributed by atoms with Crippen molar-refractivity contribution in [3.05, 3.63) is 22.7 Å². The van der Waals surface area contributed by atoms with Gasteiger partial charge < -0.3 is 14.2 Å². The first kappa shape index (κ1) is 12.3. The third-order valence-electron chi connectivity index (χ3n) is 1.89. The van der Waals surface area contributed by atoms with Crippen LogP contribution in [0.1, 0.15) is 6.42 Å². The Labute approximate surface area is 98.5 Å². The molecular formula is C11H15BrO3. The van der Waals surface area contributed by atoms with Crippen molar-refractivity contribution in [3.63, 3.8) is 0 Å². The highest BCUT2D eigenvalue weighted by Crippen LogP contribution is 2.29. The summed E-state index contributed by atoms with van der Waals surface area (Å²) >= 11 is 3.42. The second-order valence-corrected chi connectivity index (χ2v) is 3.85. The monoisotopic (exact) mass is 274 g/mol. The lowest BCUT2D eigenvalue weighted by Gasteiger charge is -2.08. The lowest BCUT2D eigenvalue weighted by atomic mass is 10.3. The molecule has 0 aliphatic rings. The molecule has 84 valence electrons. The summed E-state index contributed by atoms with van der Waals surface area (Å²) in [6.45, 7) is 1.37. The Morgan fingerprint density at radius 2 is 2.00 bits per heavy atom. The van der Waals surface area contributed by atoms with Crippen molar-refractivity contribution in [2.45, 2.75) is 6.42 Å². The molecule has 0 spiro atoms. The minimum absolute atomic E-state index is 0.652. The molecule has 0 heterocycles. The van der Waals surface area contributed by atoms with Crippen molar-refractivity contribution in [2.24, 2.45) is 0 Å². The summed E-state index contributed by atoms with van der Waals surface area (Å²) in [6, 6.07) is 5.64. The molecule has 3 nitrogen and oxygen atoms in total. The zero-order valence-corrected chi connectivity index (χ0v) is 10.5. The van der Waals surface area contributed by atoms with Crippen molar-refractivity contribution >= 4 is 15.9 Å². The van der Waals surface area contributed by atoms with Crippen LogP contribution in [0.4, 0.5) is 0 Å². The van der Waals surface area contributed by atoms with Crippen LogP contribution in [0.2, 0.25) is 0 Å². The van der Waals surface area contributed by atoms with Crippen molar-refractivity contribution in [3.8, 4) is 11.5 Å². The molecule has 4 heteroatoms. The third kappa shape index (κ3) is 4.10. The van der Waals surface area contributed by atoms with Gasteiger partial charge in [-0.15, -0.1) is 0 Å². The van der Waals surface area contributed by atoms with E-state index in [2.05, 4.69) is 15.9 Å². The molecule has 0 atom stereocenters. The number of benzene rings is 1. The maximum Gasteiger partial charge on any atom is 0.133 e. The van der Waals surface area contributed by atoms with E-state index in [1.54, 1.807) is 14.2 Å². The van der Waals surface area contributed by atoms with Crippen LogP contribution in [0.3, 0.4) is 0 Å². The van der Waals surface area contributed by atoms with Gasteiger partial charge in [0.15, 0.2) is 0 Å². The summed E-state index contributed by atoms with van der Waals surface area (Å²) in [5, 5.41) is 0. The summed E-state index contributed by atoms with van der Waals surface area (Å²) in [5.74, 6) is 1.64. The lowest BCUT2D eigenvalue weighted by molar-refractivity contribution is 0.172. The van der Waals surface area contributed by atoms with Gasteiger partial charge in [-0.3, -0.25) is 0 Å². The number of rotatable bonds is 6. The Kier molecular flexibility index (Phi) is 5.50. The summed E-state index contributed by atoms with van der Waals surface area (Å²) < 4.78 is 16.5. The average molecular weight is 275 g/mol. The standard InChI is InChI=1S/C11H15BrO3/c1-13-6-3-7-15-11-5-4-9(14-2)8-10(11)12/h4-5,8H,3,6-7H2,1-2H3. The van der Waals surface area contributed by atoms with Crippen molar-refractivity contribution in [1.29, 1.82) is 0 Å². The van der Waals surface area contributed by atoms with Crippen LogP contribution in [-0.2, 0) is 4.74 Å². The molecule has 0 aromatic heterocycles. The van der Waals surface area contributed by atoms with Gasteiger partial charge in [-0.25, -0.2) is 0 Å². The molecule has 1 aromatic carbocycles. The summed E-state index contributed by atoms with van der Waals surface area (Å²) in [5.41, 5.74) is 0. The van der Waals surface area contributed by atoms with E-state index in [1.165, 1.54) is 0 Å². The van der Waals surface area contributed by atoms with Crippen LogP contribution in [0.15, 0.2) is 22.7 Å². The van der Waals surface area contributed by atoms with Crippen LogP contribution < -0.4 is 9.47 Å². The molecule has 0 radical (unpaired) electrons. The second-order valence-electron chi connectivity index (χ2n) is 2.99. The van der Waals surface area contributed by atoms with Crippen LogP contribution in [-0.4, -0.2) is 27.4 Å². The Bertz CT molecular complexity index is 302. The summed E-state index contributed by atoms with van der Waals surface area (Å²) in [7, 11) is 3.32. The maximum atomic E-state index is 5.56. The molecular weight excluding hydrogens is 260 g/mol. The molecule has 1 rings (SSSR count). The molecule has 0 amide bonds. The smallest absolute Gasteiger partial charge is 0.133 e. The lowest BCUT2D eigenvalue weighted by Crippen LogP contribution is -2.01. The zero-order valence-electron chi connectivity index (χ0n) is 8.96. The van der Waals surface area contributed by atoms with E-state index in [-0.39, 0.29) is 0 Å². The molecule has 0 aliphatic heterocycles. The van der Waals surface area contributed by atoms with Gasteiger partial charge >= 0.3 is 0 Å². The molecule has 0 saturated carbocycles.